The molecule has 0 bridgehead atoms. The Labute approximate surface area is 153 Å². The SMILES string of the molecule is N#CC1CC(F)(F)CN1[C@H](O)CNC1(CO)CCC2(CCOCC2)CC1. The first-order valence-electron chi connectivity index (χ1n) is 9.48. The molecule has 8 heteroatoms. The summed E-state index contributed by atoms with van der Waals surface area (Å²) in [5, 5.41) is 32.6. The smallest absolute Gasteiger partial charge is 0.263 e. The van der Waals surface area contributed by atoms with Gasteiger partial charge in [-0.05, 0) is 43.9 Å². The molecule has 1 saturated carbocycles. The number of hydrogen-bond acceptors (Lipinski definition) is 6. The molecule has 6 nitrogen and oxygen atoms in total. The number of nitrogens with one attached hydrogen (secondary N) is 1. The average molecular weight is 373 g/mol. The van der Waals surface area contributed by atoms with Crippen LogP contribution in [0.3, 0.4) is 0 Å². The maximum Gasteiger partial charge on any atom is 0.263 e. The van der Waals surface area contributed by atoms with E-state index in [0.29, 0.717) is 5.41 Å². The van der Waals surface area contributed by atoms with Gasteiger partial charge in [-0.15, -0.1) is 0 Å². The van der Waals surface area contributed by atoms with E-state index in [9.17, 15) is 19.0 Å². The summed E-state index contributed by atoms with van der Waals surface area (Å²) in [5.74, 6) is -2.95. The summed E-state index contributed by atoms with van der Waals surface area (Å²) in [6, 6.07) is 0.865. The molecular formula is C18H29F2N3O3. The number of nitriles is 1. The lowest BCUT2D eigenvalue weighted by Crippen LogP contribution is -2.57. The highest BCUT2D eigenvalue weighted by Gasteiger charge is 2.48. The number of nitrogens with zero attached hydrogens (tertiary/aromatic N) is 2. The lowest BCUT2D eigenvalue weighted by atomic mass is 9.64. The summed E-state index contributed by atoms with van der Waals surface area (Å²) < 4.78 is 32.6. The molecular weight excluding hydrogens is 344 g/mol. The first kappa shape index (κ1) is 19.9. The van der Waals surface area contributed by atoms with E-state index >= 15 is 0 Å². The minimum atomic E-state index is -2.95. The van der Waals surface area contributed by atoms with E-state index < -0.39 is 36.7 Å². The summed E-state index contributed by atoms with van der Waals surface area (Å²) in [7, 11) is 0. The van der Waals surface area contributed by atoms with Crippen LogP contribution in [0.1, 0.15) is 44.9 Å². The number of aliphatic hydroxyl groups excluding tert-OH is 2. The molecule has 3 N–H and O–H groups in total. The minimum Gasteiger partial charge on any atom is -0.394 e. The Bertz CT molecular complexity index is 524. The fourth-order valence-corrected chi connectivity index (χ4v) is 4.65. The number of alkyl halides is 2. The molecule has 1 unspecified atom stereocenters. The third kappa shape index (κ3) is 4.18. The second-order valence-corrected chi connectivity index (χ2v) is 8.29. The Balaban J connectivity index is 1.55. The molecule has 1 spiro atoms. The monoisotopic (exact) mass is 373 g/mol. The summed E-state index contributed by atoms with van der Waals surface area (Å²) in [4.78, 5) is 1.15. The maximum absolute atomic E-state index is 13.6. The maximum atomic E-state index is 13.6. The number of β-amino-alcohol motifs (C(OH)–C–C–N with tert-alkyl or cyclic N) is 1. The quantitative estimate of drug-likeness (QED) is 0.672. The molecule has 0 aromatic carbocycles. The van der Waals surface area contributed by atoms with Gasteiger partial charge in [-0.1, -0.05) is 0 Å². The number of likely N-dealkylation sites (tertiary alicyclic amines) is 1. The predicted molar refractivity (Wildman–Crippen MR) is 90.5 cm³/mol. The highest BCUT2D eigenvalue weighted by Crippen LogP contribution is 2.47. The number of aliphatic hydroxyl groups is 2. The summed E-state index contributed by atoms with van der Waals surface area (Å²) >= 11 is 0. The van der Waals surface area contributed by atoms with Crippen LogP contribution in [0, 0.1) is 16.7 Å². The van der Waals surface area contributed by atoms with Crippen LogP contribution in [-0.2, 0) is 4.74 Å². The van der Waals surface area contributed by atoms with Crippen LogP contribution in [0.15, 0.2) is 0 Å². The number of hydrogen-bond donors (Lipinski definition) is 3. The van der Waals surface area contributed by atoms with Crippen molar-refractivity contribution in [3.63, 3.8) is 0 Å². The van der Waals surface area contributed by atoms with Gasteiger partial charge in [0.05, 0.1) is 19.2 Å². The summed E-state index contributed by atoms with van der Waals surface area (Å²) in [6.45, 7) is 0.979. The number of ether oxygens (including phenoxy) is 1. The molecule has 0 aromatic rings. The van der Waals surface area contributed by atoms with Gasteiger partial charge in [0.15, 0.2) is 0 Å². The van der Waals surface area contributed by atoms with Gasteiger partial charge in [-0.25, -0.2) is 8.78 Å². The van der Waals surface area contributed by atoms with Gasteiger partial charge in [0.1, 0.15) is 12.3 Å². The molecule has 0 amide bonds. The molecule has 148 valence electrons. The Morgan fingerprint density at radius 2 is 1.85 bits per heavy atom. The van der Waals surface area contributed by atoms with Gasteiger partial charge in [-0.2, -0.15) is 5.26 Å². The van der Waals surface area contributed by atoms with E-state index in [1.54, 1.807) is 0 Å². The van der Waals surface area contributed by atoms with E-state index in [0.717, 1.165) is 56.6 Å². The van der Waals surface area contributed by atoms with Crippen LogP contribution in [0.25, 0.3) is 0 Å². The topological polar surface area (TPSA) is 88.8 Å². The summed E-state index contributed by atoms with van der Waals surface area (Å²) in [6.07, 6.45) is 3.92. The van der Waals surface area contributed by atoms with Crippen LogP contribution in [0.4, 0.5) is 8.78 Å². The molecule has 1 aliphatic carbocycles. The van der Waals surface area contributed by atoms with Crippen molar-refractivity contribution in [3.8, 4) is 6.07 Å². The number of halogens is 2. The van der Waals surface area contributed by atoms with Gasteiger partial charge in [-0.3, -0.25) is 4.90 Å². The lowest BCUT2D eigenvalue weighted by Gasteiger charge is -2.48. The van der Waals surface area contributed by atoms with Crippen molar-refractivity contribution < 1.29 is 23.7 Å². The van der Waals surface area contributed by atoms with Crippen molar-refractivity contribution in [2.24, 2.45) is 5.41 Å². The first-order valence-corrected chi connectivity index (χ1v) is 9.48. The molecule has 0 radical (unpaired) electrons. The van der Waals surface area contributed by atoms with E-state index in [1.165, 1.54) is 0 Å². The van der Waals surface area contributed by atoms with Crippen molar-refractivity contribution in [2.75, 3.05) is 32.9 Å². The fraction of sp³-hybridized carbons (Fsp3) is 0.944. The first-order chi connectivity index (χ1) is 12.3. The highest BCUT2D eigenvalue weighted by atomic mass is 19.3. The van der Waals surface area contributed by atoms with Crippen LogP contribution < -0.4 is 5.32 Å². The molecule has 2 aliphatic heterocycles. The van der Waals surface area contributed by atoms with Crippen molar-refractivity contribution in [1.29, 1.82) is 5.26 Å². The van der Waals surface area contributed by atoms with Gasteiger partial charge < -0.3 is 20.3 Å². The Morgan fingerprint density at radius 3 is 2.42 bits per heavy atom. The Kier molecular flexibility index (Phi) is 5.85. The predicted octanol–water partition coefficient (Wildman–Crippen LogP) is 1.23. The average Bonchev–Trinajstić information content (AvgIpc) is 2.97. The Morgan fingerprint density at radius 1 is 1.19 bits per heavy atom. The third-order valence-electron chi connectivity index (χ3n) is 6.62. The van der Waals surface area contributed by atoms with Gasteiger partial charge >= 0.3 is 0 Å². The zero-order chi connectivity index (χ0) is 18.8. The van der Waals surface area contributed by atoms with Gasteiger partial charge in [0, 0.05) is 31.7 Å². The lowest BCUT2D eigenvalue weighted by molar-refractivity contribution is -0.0479. The van der Waals surface area contributed by atoms with Crippen LogP contribution in [0.5, 0.6) is 0 Å². The number of rotatable bonds is 5. The molecule has 2 saturated heterocycles. The van der Waals surface area contributed by atoms with E-state index in [-0.39, 0.29) is 13.2 Å². The van der Waals surface area contributed by atoms with E-state index in [2.05, 4.69) is 5.32 Å². The normalized spacial score (nSPS) is 31.6. The molecule has 2 atom stereocenters. The zero-order valence-electron chi connectivity index (χ0n) is 15.1. The van der Waals surface area contributed by atoms with Crippen molar-refractivity contribution >= 4 is 0 Å². The molecule has 3 rings (SSSR count). The van der Waals surface area contributed by atoms with Gasteiger partial charge in [0.25, 0.3) is 5.92 Å². The molecule has 0 aromatic heterocycles. The standard InChI is InChI=1S/C18H29F2N3O3/c19-18(20)9-14(10-21)23(12-18)15(25)11-22-17(13-24)3-1-16(2-4-17)5-7-26-8-6-16/h14-15,22,24-25H,1-9,11-13H2/t14?,15-/m1/s1. The van der Waals surface area contributed by atoms with E-state index in [1.807, 2.05) is 6.07 Å². The van der Waals surface area contributed by atoms with Crippen molar-refractivity contribution in [1.82, 2.24) is 10.2 Å². The largest absolute Gasteiger partial charge is 0.394 e. The molecule has 2 heterocycles. The minimum absolute atomic E-state index is 0.0515. The second kappa shape index (κ2) is 7.64. The van der Waals surface area contributed by atoms with Crippen molar-refractivity contribution in [2.45, 2.75) is 68.7 Å². The van der Waals surface area contributed by atoms with Gasteiger partial charge in [0.2, 0.25) is 0 Å². The Hall–Kier alpha value is -0.850. The van der Waals surface area contributed by atoms with Crippen LogP contribution in [-0.4, -0.2) is 71.8 Å². The summed E-state index contributed by atoms with van der Waals surface area (Å²) in [5.41, 5.74) is -0.199. The van der Waals surface area contributed by atoms with Crippen LogP contribution >= 0.6 is 0 Å². The third-order valence-corrected chi connectivity index (χ3v) is 6.62. The molecule has 26 heavy (non-hydrogen) atoms. The van der Waals surface area contributed by atoms with Crippen molar-refractivity contribution in [3.05, 3.63) is 0 Å². The highest BCUT2D eigenvalue weighted by molar-refractivity contribution is 5.04. The molecule has 3 fully saturated rings. The zero-order valence-corrected chi connectivity index (χ0v) is 15.1. The fourth-order valence-electron chi connectivity index (χ4n) is 4.65. The second-order valence-electron chi connectivity index (χ2n) is 8.29. The van der Waals surface area contributed by atoms with Crippen LogP contribution in [0.2, 0.25) is 0 Å². The molecule has 3 aliphatic rings. The van der Waals surface area contributed by atoms with E-state index in [4.69, 9.17) is 10.00 Å².